The summed E-state index contributed by atoms with van der Waals surface area (Å²) in [6.45, 7) is 3.23. The maximum Gasteiger partial charge on any atom is 0.213 e. The Morgan fingerprint density at radius 2 is 2.10 bits per heavy atom. The molecular weight excluding hydrogens is 374 g/mol. The molecule has 3 aliphatic rings. The van der Waals surface area contributed by atoms with Crippen LogP contribution in [0.2, 0.25) is 0 Å². The van der Waals surface area contributed by atoms with Crippen LogP contribution >= 0.6 is 0 Å². The molecule has 2 fully saturated rings. The molecule has 5 unspecified atom stereocenters. The molecule has 0 amide bonds. The van der Waals surface area contributed by atoms with E-state index in [1.54, 1.807) is 18.3 Å². The number of phenolic OH excluding ortho intramolecular Hbond substituents is 1. The van der Waals surface area contributed by atoms with E-state index in [0.29, 0.717) is 41.1 Å². The van der Waals surface area contributed by atoms with Crippen molar-refractivity contribution in [3.63, 3.8) is 0 Å². The molecule has 2 saturated carbocycles. The molecule has 5 rings (SSSR count). The number of nitrogens with zero attached hydrogens (tertiary/aromatic N) is 1. The first-order valence-electron chi connectivity index (χ1n) is 11.4. The van der Waals surface area contributed by atoms with Crippen LogP contribution in [0, 0.1) is 23.2 Å². The number of pyridine rings is 1. The maximum atomic E-state index is 10.8. The zero-order chi connectivity index (χ0) is 20.7. The van der Waals surface area contributed by atoms with Crippen molar-refractivity contribution in [1.82, 2.24) is 4.98 Å². The second kappa shape index (κ2) is 7.72. The van der Waals surface area contributed by atoms with Crippen LogP contribution in [-0.4, -0.2) is 23.0 Å². The molecule has 30 heavy (non-hydrogen) atoms. The van der Waals surface area contributed by atoms with Crippen molar-refractivity contribution < 1.29 is 14.6 Å². The highest BCUT2D eigenvalue weighted by Crippen LogP contribution is 2.63. The second-order valence-corrected chi connectivity index (χ2v) is 9.80. The van der Waals surface area contributed by atoms with E-state index >= 15 is 0 Å². The number of fused-ring (bicyclic) bond motifs is 5. The van der Waals surface area contributed by atoms with Crippen LogP contribution in [0.1, 0.15) is 72.9 Å². The fraction of sp³-hybridized carbons (Fsp3) is 0.538. The summed E-state index contributed by atoms with van der Waals surface area (Å²) in [5.74, 6) is 3.97. The highest BCUT2D eigenvalue weighted by Gasteiger charge is 2.54. The van der Waals surface area contributed by atoms with Crippen molar-refractivity contribution in [2.75, 3.05) is 6.61 Å². The number of ether oxygens (including phenoxy) is 1. The maximum absolute atomic E-state index is 10.8. The van der Waals surface area contributed by atoms with E-state index in [9.17, 15) is 9.90 Å². The van der Waals surface area contributed by atoms with Crippen molar-refractivity contribution in [3.8, 4) is 11.6 Å². The molecule has 0 radical (unpaired) electrons. The molecule has 1 aromatic carbocycles. The van der Waals surface area contributed by atoms with Crippen LogP contribution in [0.3, 0.4) is 0 Å². The van der Waals surface area contributed by atoms with Crippen molar-refractivity contribution in [3.05, 3.63) is 53.2 Å². The summed E-state index contributed by atoms with van der Waals surface area (Å²) in [6.07, 6.45) is 11.0. The highest BCUT2D eigenvalue weighted by molar-refractivity contribution is 5.73. The minimum atomic E-state index is 0.407. The number of aromatic nitrogens is 1. The third-order valence-corrected chi connectivity index (χ3v) is 8.52. The topological polar surface area (TPSA) is 59.4 Å². The zero-order valence-electron chi connectivity index (χ0n) is 17.7. The Bertz CT molecular complexity index is 924. The van der Waals surface area contributed by atoms with Gasteiger partial charge >= 0.3 is 0 Å². The van der Waals surface area contributed by atoms with Crippen LogP contribution in [0.4, 0.5) is 0 Å². The molecule has 5 atom stereocenters. The largest absolute Gasteiger partial charge is 0.508 e. The van der Waals surface area contributed by atoms with Gasteiger partial charge in [0, 0.05) is 17.8 Å². The van der Waals surface area contributed by atoms with Crippen molar-refractivity contribution in [2.24, 2.45) is 23.2 Å². The number of carbonyl (C=O) groups excluding carboxylic acids is 1. The van der Waals surface area contributed by atoms with Gasteiger partial charge in [-0.1, -0.05) is 13.0 Å². The SMILES string of the molecule is CC12CCC3c4ccc(O)cc4CCC3C1CCC2CCOc1ccc(C=O)cn1. The first kappa shape index (κ1) is 19.6. The number of hydrogen-bond donors (Lipinski definition) is 1. The van der Waals surface area contributed by atoms with Gasteiger partial charge in [-0.3, -0.25) is 4.79 Å². The number of aldehydes is 1. The lowest BCUT2D eigenvalue weighted by Crippen LogP contribution is -2.42. The van der Waals surface area contributed by atoms with Gasteiger partial charge < -0.3 is 9.84 Å². The van der Waals surface area contributed by atoms with Crippen LogP contribution in [0.15, 0.2) is 36.5 Å². The van der Waals surface area contributed by atoms with Crippen LogP contribution in [0.5, 0.6) is 11.6 Å². The molecule has 3 aliphatic carbocycles. The number of carbonyl (C=O) groups is 1. The smallest absolute Gasteiger partial charge is 0.213 e. The number of hydrogen-bond acceptors (Lipinski definition) is 4. The summed E-state index contributed by atoms with van der Waals surface area (Å²) >= 11 is 0. The fourth-order valence-corrected chi connectivity index (χ4v) is 7.00. The van der Waals surface area contributed by atoms with Crippen LogP contribution in [0.25, 0.3) is 0 Å². The van der Waals surface area contributed by atoms with Gasteiger partial charge in [0.1, 0.15) is 5.75 Å². The molecule has 4 heteroatoms. The van der Waals surface area contributed by atoms with Crippen LogP contribution < -0.4 is 4.74 Å². The minimum Gasteiger partial charge on any atom is -0.508 e. The Kier molecular flexibility index (Phi) is 5.04. The summed E-state index contributed by atoms with van der Waals surface area (Å²) in [7, 11) is 0. The lowest BCUT2D eigenvalue weighted by molar-refractivity contribution is 0.0218. The van der Waals surface area contributed by atoms with Gasteiger partial charge in [-0.25, -0.2) is 4.98 Å². The predicted molar refractivity (Wildman–Crippen MR) is 116 cm³/mol. The third-order valence-electron chi connectivity index (χ3n) is 8.52. The van der Waals surface area contributed by atoms with Crippen molar-refractivity contribution in [1.29, 1.82) is 0 Å². The van der Waals surface area contributed by atoms with Gasteiger partial charge in [0.15, 0.2) is 6.29 Å². The molecule has 0 bridgehead atoms. The van der Waals surface area contributed by atoms with Crippen LogP contribution in [-0.2, 0) is 6.42 Å². The molecule has 0 aliphatic heterocycles. The van der Waals surface area contributed by atoms with E-state index in [0.717, 1.165) is 31.0 Å². The summed E-state index contributed by atoms with van der Waals surface area (Å²) in [4.78, 5) is 15.0. The predicted octanol–water partition coefficient (Wildman–Crippen LogP) is 5.54. The summed E-state index contributed by atoms with van der Waals surface area (Å²) in [5, 5.41) is 9.87. The van der Waals surface area contributed by atoms with Gasteiger partial charge in [0.25, 0.3) is 0 Å². The molecular formula is C26H31NO3. The second-order valence-electron chi connectivity index (χ2n) is 9.80. The molecule has 2 aromatic rings. The van der Waals surface area contributed by atoms with E-state index in [1.165, 1.54) is 43.2 Å². The molecule has 1 heterocycles. The molecule has 158 valence electrons. The fourth-order valence-electron chi connectivity index (χ4n) is 7.00. The first-order chi connectivity index (χ1) is 14.6. The monoisotopic (exact) mass is 405 g/mol. The number of phenols is 1. The normalized spacial score (nSPS) is 32.0. The van der Waals surface area contributed by atoms with Crippen molar-refractivity contribution in [2.45, 2.75) is 57.8 Å². The van der Waals surface area contributed by atoms with Gasteiger partial charge in [-0.2, -0.15) is 0 Å². The number of benzene rings is 1. The van der Waals surface area contributed by atoms with Gasteiger partial charge in [-0.15, -0.1) is 0 Å². The zero-order valence-corrected chi connectivity index (χ0v) is 17.7. The Hall–Kier alpha value is -2.36. The Labute approximate surface area is 178 Å². The highest BCUT2D eigenvalue weighted by atomic mass is 16.5. The van der Waals surface area contributed by atoms with E-state index < -0.39 is 0 Å². The van der Waals surface area contributed by atoms with E-state index in [4.69, 9.17) is 4.74 Å². The third kappa shape index (κ3) is 3.30. The summed E-state index contributed by atoms with van der Waals surface area (Å²) in [6, 6.07) is 9.59. The lowest BCUT2D eigenvalue weighted by atomic mass is 9.54. The summed E-state index contributed by atoms with van der Waals surface area (Å²) in [5.41, 5.74) is 3.86. The lowest BCUT2D eigenvalue weighted by Gasteiger charge is -2.51. The average Bonchev–Trinajstić information content (AvgIpc) is 3.10. The minimum absolute atomic E-state index is 0.407. The molecule has 0 spiro atoms. The number of aryl methyl sites for hydroxylation is 1. The molecule has 1 aromatic heterocycles. The average molecular weight is 406 g/mol. The Morgan fingerprint density at radius 3 is 2.90 bits per heavy atom. The quantitative estimate of drug-likeness (QED) is 0.664. The van der Waals surface area contributed by atoms with Crippen molar-refractivity contribution >= 4 is 6.29 Å². The van der Waals surface area contributed by atoms with E-state index in [-0.39, 0.29) is 0 Å². The standard InChI is InChI=1S/C26H31NO3/c1-26-12-10-22-21-7-5-20(29)14-18(21)3-6-23(22)24(26)8-4-19(26)11-13-30-25-9-2-17(16-28)15-27-25/h2,5,7,9,14-16,19,22-24,29H,3-4,6,8,10-13H2,1H3. The molecule has 4 nitrogen and oxygen atoms in total. The first-order valence-corrected chi connectivity index (χ1v) is 11.4. The van der Waals surface area contributed by atoms with Gasteiger partial charge in [0.2, 0.25) is 5.88 Å². The number of rotatable bonds is 5. The summed E-state index contributed by atoms with van der Waals surface area (Å²) < 4.78 is 5.91. The van der Waals surface area contributed by atoms with Gasteiger partial charge in [-0.05, 0) is 103 Å². The number of aromatic hydroxyl groups is 1. The van der Waals surface area contributed by atoms with E-state index in [1.807, 2.05) is 12.1 Å². The Morgan fingerprint density at radius 1 is 1.20 bits per heavy atom. The van der Waals surface area contributed by atoms with Gasteiger partial charge in [0.05, 0.1) is 6.61 Å². The Balaban J connectivity index is 1.25. The molecule has 1 N–H and O–H groups in total. The molecule has 0 saturated heterocycles. The van der Waals surface area contributed by atoms with E-state index in [2.05, 4.69) is 18.0 Å².